The predicted octanol–water partition coefficient (Wildman–Crippen LogP) is 2.36. The number of nitrogens with one attached hydrogen (secondary N) is 1. The van der Waals surface area contributed by atoms with E-state index in [0.29, 0.717) is 17.2 Å². The Bertz CT molecular complexity index is 341. The lowest BCUT2D eigenvalue weighted by Gasteiger charge is -2.32. The fraction of sp³-hybridized carbons (Fsp3) is 0.929. The van der Waals surface area contributed by atoms with Crippen LogP contribution in [0.2, 0.25) is 0 Å². The second kappa shape index (κ2) is 4.71. The Morgan fingerprint density at radius 1 is 1.28 bits per heavy atom. The van der Waals surface area contributed by atoms with Gasteiger partial charge in [-0.15, -0.1) is 0 Å². The zero-order valence-electron chi connectivity index (χ0n) is 11.4. The van der Waals surface area contributed by atoms with E-state index in [-0.39, 0.29) is 11.7 Å². The summed E-state index contributed by atoms with van der Waals surface area (Å²) in [5.41, 5.74) is -0.190. The minimum Gasteiger partial charge on any atom is -0.322 e. The Balaban J connectivity index is 1.82. The van der Waals surface area contributed by atoms with Gasteiger partial charge in [-0.1, -0.05) is 19.3 Å². The maximum absolute atomic E-state index is 12.8. The van der Waals surface area contributed by atoms with Crippen molar-refractivity contribution in [2.45, 2.75) is 74.9 Å². The van der Waals surface area contributed by atoms with Crippen molar-refractivity contribution >= 4 is 17.7 Å². The summed E-state index contributed by atoms with van der Waals surface area (Å²) in [6.45, 7) is 2.17. The molecule has 1 saturated heterocycles. The molecule has 3 atom stereocenters. The summed E-state index contributed by atoms with van der Waals surface area (Å²) in [7, 11) is 0. The molecule has 3 fully saturated rings. The van der Waals surface area contributed by atoms with Gasteiger partial charge in [-0.3, -0.25) is 10.1 Å². The van der Waals surface area contributed by atoms with E-state index in [9.17, 15) is 4.79 Å². The summed E-state index contributed by atoms with van der Waals surface area (Å²) in [5, 5.41) is 4.27. The van der Waals surface area contributed by atoms with Crippen molar-refractivity contribution in [3.05, 3.63) is 0 Å². The van der Waals surface area contributed by atoms with Crippen LogP contribution in [-0.4, -0.2) is 40.1 Å². The molecule has 18 heavy (non-hydrogen) atoms. The van der Waals surface area contributed by atoms with Crippen LogP contribution in [0.15, 0.2) is 0 Å². The standard InChI is InChI=1S/C14H24N2OS/c1-10-15-14(8-3-4-9-14)13(17)16(10)11-6-5-7-12(11)18-2/h10-12,15H,3-9H2,1-2H3. The predicted molar refractivity (Wildman–Crippen MR) is 75.6 cm³/mol. The summed E-state index contributed by atoms with van der Waals surface area (Å²) < 4.78 is 0. The molecule has 2 aliphatic carbocycles. The second-order valence-electron chi connectivity index (χ2n) is 6.09. The Hall–Kier alpha value is -0.220. The average molecular weight is 268 g/mol. The largest absolute Gasteiger partial charge is 0.322 e. The molecule has 3 aliphatic rings. The van der Waals surface area contributed by atoms with Gasteiger partial charge in [-0.25, -0.2) is 0 Å². The lowest BCUT2D eigenvalue weighted by Crippen LogP contribution is -2.47. The molecule has 4 heteroatoms. The molecule has 0 aromatic rings. The first-order valence-electron chi connectivity index (χ1n) is 7.31. The fourth-order valence-corrected chi connectivity index (χ4v) is 5.21. The molecule has 1 amide bonds. The number of hydrogen-bond donors (Lipinski definition) is 1. The number of amides is 1. The lowest BCUT2D eigenvalue weighted by molar-refractivity contribution is -0.135. The second-order valence-corrected chi connectivity index (χ2v) is 7.17. The zero-order valence-corrected chi connectivity index (χ0v) is 12.3. The summed E-state index contributed by atoms with van der Waals surface area (Å²) in [4.78, 5) is 15.0. The van der Waals surface area contributed by atoms with Crippen molar-refractivity contribution < 1.29 is 4.79 Å². The highest BCUT2D eigenvalue weighted by Gasteiger charge is 2.54. The molecule has 3 rings (SSSR count). The molecular weight excluding hydrogens is 244 g/mol. The summed E-state index contributed by atoms with van der Waals surface area (Å²) in [6, 6.07) is 0.468. The van der Waals surface area contributed by atoms with Crippen LogP contribution in [0.25, 0.3) is 0 Å². The van der Waals surface area contributed by atoms with Gasteiger partial charge in [0.15, 0.2) is 0 Å². The van der Waals surface area contributed by atoms with Crippen molar-refractivity contribution in [2.24, 2.45) is 0 Å². The van der Waals surface area contributed by atoms with E-state index in [1.165, 1.54) is 32.1 Å². The minimum absolute atomic E-state index is 0.190. The van der Waals surface area contributed by atoms with Crippen LogP contribution in [-0.2, 0) is 4.79 Å². The molecule has 0 aromatic heterocycles. The number of hydrogen-bond acceptors (Lipinski definition) is 3. The molecule has 0 radical (unpaired) electrons. The molecule has 1 aliphatic heterocycles. The summed E-state index contributed by atoms with van der Waals surface area (Å²) in [5.74, 6) is 0.401. The first-order chi connectivity index (χ1) is 8.68. The Morgan fingerprint density at radius 2 is 2.00 bits per heavy atom. The molecule has 1 N–H and O–H groups in total. The first-order valence-corrected chi connectivity index (χ1v) is 8.60. The normalized spacial score (nSPS) is 39.1. The third-order valence-electron chi connectivity index (χ3n) is 5.08. The van der Waals surface area contributed by atoms with E-state index in [0.717, 1.165) is 12.8 Å². The highest BCUT2D eigenvalue weighted by Crippen LogP contribution is 2.41. The van der Waals surface area contributed by atoms with E-state index >= 15 is 0 Å². The molecule has 3 nitrogen and oxygen atoms in total. The average Bonchev–Trinajstić information content (AvgIpc) is 3.02. The van der Waals surface area contributed by atoms with Crippen molar-refractivity contribution in [2.75, 3.05) is 6.26 Å². The van der Waals surface area contributed by atoms with Crippen LogP contribution < -0.4 is 5.32 Å². The molecule has 0 bridgehead atoms. The SMILES string of the molecule is CSC1CCCC1N1C(=O)C2(CCCC2)NC1C. The number of thioether (sulfide) groups is 1. The van der Waals surface area contributed by atoms with Crippen LogP contribution in [0.1, 0.15) is 51.9 Å². The number of carbonyl (C=O) groups is 1. The van der Waals surface area contributed by atoms with Gasteiger partial charge >= 0.3 is 0 Å². The molecular formula is C14H24N2OS. The van der Waals surface area contributed by atoms with Gasteiger partial charge in [0.05, 0.1) is 11.7 Å². The molecule has 102 valence electrons. The minimum atomic E-state index is -0.190. The number of carbonyl (C=O) groups excluding carboxylic acids is 1. The smallest absolute Gasteiger partial charge is 0.244 e. The molecule has 1 heterocycles. The Morgan fingerprint density at radius 3 is 2.67 bits per heavy atom. The summed E-state index contributed by atoms with van der Waals surface area (Å²) >= 11 is 1.94. The quantitative estimate of drug-likeness (QED) is 0.834. The van der Waals surface area contributed by atoms with Crippen molar-refractivity contribution in [3.8, 4) is 0 Å². The number of nitrogens with zero attached hydrogens (tertiary/aromatic N) is 1. The van der Waals surface area contributed by atoms with Gasteiger partial charge in [-0.2, -0.15) is 11.8 Å². The van der Waals surface area contributed by atoms with Gasteiger partial charge in [0.1, 0.15) is 0 Å². The maximum atomic E-state index is 12.8. The molecule has 1 spiro atoms. The van der Waals surface area contributed by atoms with Gasteiger partial charge < -0.3 is 4.90 Å². The van der Waals surface area contributed by atoms with E-state index < -0.39 is 0 Å². The van der Waals surface area contributed by atoms with Crippen LogP contribution in [0.5, 0.6) is 0 Å². The van der Waals surface area contributed by atoms with Crippen molar-refractivity contribution in [1.29, 1.82) is 0 Å². The molecule has 2 saturated carbocycles. The maximum Gasteiger partial charge on any atom is 0.244 e. The lowest BCUT2D eigenvalue weighted by atomic mass is 9.97. The van der Waals surface area contributed by atoms with Crippen LogP contribution in [0, 0.1) is 0 Å². The van der Waals surface area contributed by atoms with Crippen molar-refractivity contribution in [1.82, 2.24) is 10.2 Å². The third-order valence-corrected chi connectivity index (χ3v) is 6.24. The number of rotatable bonds is 2. The highest BCUT2D eigenvalue weighted by atomic mass is 32.2. The Kier molecular flexibility index (Phi) is 3.35. The van der Waals surface area contributed by atoms with E-state index in [4.69, 9.17) is 0 Å². The van der Waals surface area contributed by atoms with Gasteiger partial charge in [-0.05, 0) is 38.9 Å². The fourth-order valence-electron chi connectivity index (χ4n) is 4.23. The highest BCUT2D eigenvalue weighted by molar-refractivity contribution is 7.99. The first kappa shape index (κ1) is 12.8. The van der Waals surface area contributed by atoms with Gasteiger partial charge in [0.25, 0.3) is 0 Å². The van der Waals surface area contributed by atoms with Gasteiger partial charge in [0, 0.05) is 11.3 Å². The monoisotopic (exact) mass is 268 g/mol. The van der Waals surface area contributed by atoms with Crippen LogP contribution in [0.4, 0.5) is 0 Å². The molecule has 3 unspecified atom stereocenters. The Labute approximate surface area is 114 Å². The van der Waals surface area contributed by atoms with Crippen LogP contribution >= 0.6 is 11.8 Å². The van der Waals surface area contributed by atoms with Crippen molar-refractivity contribution in [3.63, 3.8) is 0 Å². The van der Waals surface area contributed by atoms with E-state index in [1.54, 1.807) is 0 Å². The van der Waals surface area contributed by atoms with Crippen LogP contribution in [0.3, 0.4) is 0 Å². The summed E-state index contributed by atoms with van der Waals surface area (Å²) in [6.07, 6.45) is 10.7. The molecule has 0 aromatic carbocycles. The van der Waals surface area contributed by atoms with E-state index in [2.05, 4.69) is 23.4 Å². The van der Waals surface area contributed by atoms with Gasteiger partial charge in [0.2, 0.25) is 5.91 Å². The van der Waals surface area contributed by atoms with E-state index in [1.807, 2.05) is 11.8 Å². The topological polar surface area (TPSA) is 32.3 Å². The third kappa shape index (κ3) is 1.80. The zero-order chi connectivity index (χ0) is 12.8.